The first kappa shape index (κ1) is 50.4. The molecule has 5 rings (SSSR count). The van der Waals surface area contributed by atoms with E-state index >= 15 is 0 Å². The van der Waals surface area contributed by atoms with Gasteiger partial charge < -0.3 is 19.1 Å². The molecule has 0 aliphatic carbocycles. The maximum absolute atomic E-state index is 14.1. The number of carbonyl (C=O) groups is 1. The molecule has 15 nitrogen and oxygen atoms in total. The van der Waals surface area contributed by atoms with Gasteiger partial charge in [0, 0.05) is 74.4 Å². The van der Waals surface area contributed by atoms with E-state index in [-0.39, 0.29) is 67.8 Å². The lowest BCUT2D eigenvalue weighted by atomic mass is 9.75. The van der Waals surface area contributed by atoms with Crippen LogP contribution in [0.4, 0.5) is 28.9 Å². The Morgan fingerprint density at radius 2 is 1.38 bits per heavy atom. The van der Waals surface area contributed by atoms with Crippen molar-refractivity contribution < 1.29 is 80.1 Å². The molecule has 0 bridgehead atoms. The molecule has 0 fully saturated rings. The van der Waals surface area contributed by atoms with Crippen LogP contribution in [0.5, 0.6) is 5.75 Å². The summed E-state index contributed by atoms with van der Waals surface area (Å²) >= 11 is 0. The van der Waals surface area contributed by atoms with Crippen LogP contribution in [0.15, 0.2) is 76.2 Å². The normalized spacial score (nSPS) is 19.5. The van der Waals surface area contributed by atoms with Crippen molar-refractivity contribution in [1.82, 2.24) is 0 Å². The quantitative estimate of drug-likeness (QED) is 0.0190. The molecule has 0 radical (unpaired) electrons. The molecule has 3 aromatic rings. The number of benzene rings is 3. The first-order chi connectivity index (χ1) is 29.9. The highest BCUT2D eigenvalue weighted by Gasteiger charge is 2.48. The Kier molecular flexibility index (Phi) is 15.7. The van der Waals surface area contributed by atoms with Gasteiger partial charge in [-0.1, -0.05) is 12.5 Å². The predicted octanol–water partition coefficient (Wildman–Crippen LogP) is 6.83. The largest absolute Gasteiger partial charge is 0.420 e. The molecule has 64 heavy (non-hydrogen) atoms. The number of carbonyl (C=O) groups excluding carboxylic acids is 1. The smallest absolute Gasteiger partial charge is 0.311 e. The minimum atomic E-state index is -4.66. The maximum Gasteiger partial charge on any atom is 0.311 e. The Morgan fingerprint density at radius 1 is 0.766 bits per heavy atom. The van der Waals surface area contributed by atoms with E-state index in [1.807, 2.05) is 16.4 Å². The van der Waals surface area contributed by atoms with Crippen molar-refractivity contribution in [2.24, 2.45) is 0 Å². The van der Waals surface area contributed by atoms with E-state index in [0.29, 0.717) is 53.2 Å². The molecule has 0 aromatic heterocycles. The predicted molar refractivity (Wildman–Crippen MR) is 226 cm³/mol. The first-order valence-corrected chi connectivity index (χ1v) is 24.4. The van der Waals surface area contributed by atoms with Gasteiger partial charge >= 0.3 is 5.97 Å². The summed E-state index contributed by atoms with van der Waals surface area (Å²) < 4.78 is 175. The van der Waals surface area contributed by atoms with E-state index in [2.05, 4.69) is 4.74 Å². The third-order valence-electron chi connectivity index (χ3n) is 11.5. The maximum atomic E-state index is 14.1. The molecule has 2 aliphatic rings. The number of allylic oxidation sites excluding steroid dienone is 4. The molecule has 0 saturated heterocycles. The van der Waals surface area contributed by atoms with Crippen molar-refractivity contribution in [3.05, 3.63) is 101 Å². The molecular weight excluding hydrogens is 913 g/mol. The van der Waals surface area contributed by atoms with Crippen LogP contribution >= 0.6 is 0 Å². The lowest BCUT2D eigenvalue weighted by molar-refractivity contribution is -0.441. The summed E-state index contributed by atoms with van der Waals surface area (Å²) in [5, 5.41) is 0. The third kappa shape index (κ3) is 11.1. The minimum Gasteiger partial charge on any atom is -0.420 e. The molecule has 3 aromatic carbocycles. The molecule has 2 heterocycles. The third-order valence-corrected chi connectivity index (χ3v) is 14.0. The van der Waals surface area contributed by atoms with Gasteiger partial charge in [-0.05, 0) is 87.9 Å². The number of unbranched alkanes of at least 4 members (excludes halogenated alkanes) is 2. The molecule has 0 amide bonds. The van der Waals surface area contributed by atoms with Crippen molar-refractivity contribution in [3.63, 3.8) is 0 Å². The van der Waals surface area contributed by atoms with Crippen LogP contribution in [0, 0.1) is 23.3 Å². The standard InChI is InChI=1S/C42H48F4N2O13S3/c1-41(17-9-23-62(50,51)52)29-24-27(63(53,54)55)14-16-34(29)48(20-22-60-4)35(41)10-8-11-36-42(2,18-21-59-3)30-25-28(64(56,57)58)13-15-33(30)47(36)19-7-5-6-12-37(49)61-40-38(45)31(43)26-32(44)39(40)46/h8,10-11,13-16,24-26H,5-7,9,12,17-23H2,1-4H3,(H2-,50,51,52,53,54,55,56,57,58)/p+1. The Labute approximate surface area is 369 Å². The van der Waals surface area contributed by atoms with E-state index in [1.165, 1.54) is 44.6 Å². The molecule has 22 heteroatoms. The van der Waals surface area contributed by atoms with Crippen LogP contribution in [-0.4, -0.2) is 101 Å². The van der Waals surface area contributed by atoms with Crippen molar-refractivity contribution in [3.8, 4) is 5.75 Å². The van der Waals surface area contributed by atoms with Crippen molar-refractivity contribution in [1.29, 1.82) is 0 Å². The summed E-state index contributed by atoms with van der Waals surface area (Å²) in [7, 11) is -10.7. The van der Waals surface area contributed by atoms with Gasteiger partial charge in [0.05, 0.1) is 21.0 Å². The number of rotatable bonds is 21. The molecule has 3 N–H and O–H groups in total. The van der Waals surface area contributed by atoms with Gasteiger partial charge in [-0.15, -0.1) is 0 Å². The molecule has 2 unspecified atom stereocenters. The van der Waals surface area contributed by atoms with Crippen LogP contribution < -0.4 is 9.64 Å². The number of fused-ring (bicyclic) bond motifs is 2. The first-order valence-electron chi connectivity index (χ1n) is 19.9. The SMILES string of the molecule is COCC[N+]1=C(/C=C/C=C2/N(CCCCCC(=O)Oc3c(F)c(F)cc(F)c3F)c3ccc(S(=O)(=O)O)cc3C2(C)CCOC)C(C)(CCCS(=O)(=O)O)c2cc(S(=O)(=O)O)ccc21. The number of hydrogen-bond donors (Lipinski definition) is 3. The van der Waals surface area contributed by atoms with Gasteiger partial charge in [-0.25, -0.2) is 8.78 Å². The second-order valence-electron chi connectivity index (χ2n) is 15.8. The lowest BCUT2D eigenvalue weighted by Crippen LogP contribution is -2.33. The number of nitrogens with zero attached hydrogens (tertiary/aromatic N) is 2. The zero-order valence-electron chi connectivity index (χ0n) is 35.3. The Hall–Kier alpha value is -4.55. The van der Waals surface area contributed by atoms with Gasteiger partial charge in [0.15, 0.2) is 23.9 Å². The van der Waals surface area contributed by atoms with Crippen LogP contribution in [0.25, 0.3) is 0 Å². The highest BCUT2D eigenvalue weighted by molar-refractivity contribution is 7.86. The second-order valence-corrected chi connectivity index (χ2v) is 20.2. The van der Waals surface area contributed by atoms with E-state index < -0.39 is 81.9 Å². The zero-order valence-corrected chi connectivity index (χ0v) is 37.8. The van der Waals surface area contributed by atoms with Crippen LogP contribution in [-0.2, 0) is 55.5 Å². The fraction of sp³-hybridized carbons (Fsp3) is 0.429. The number of halogens is 4. The van der Waals surface area contributed by atoms with Crippen molar-refractivity contribution in [2.45, 2.75) is 79.4 Å². The van der Waals surface area contributed by atoms with Gasteiger partial charge in [0.1, 0.15) is 6.61 Å². The summed E-state index contributed by atoms with van der Waals surface area (Å²) in [6.07, 6.45) is 6.13. The minimum absolute atomic E-state index is 0.0103. The number of ether oxygens (including phenoxy) is 3. The van der Waals surface area contributed by atoms with E-state index in [9.17, 15) is 61.3 Å². The molecule has 2 atom stereocenters. The van der Waals surface area contributed by atoms with Gasteiger partial charge in [0.2, 0.25) is 23.1 Å². The number of esters is 1. The van der Waals surface area contributed by atoms with Crippen molar-refractivity contribution >= 4 is 53.4 Å². The van der Waals surface area contributed by atoms with E-state index in [0.717, 1.165) is 0 Å². The van der Waals surface area contributed by atoms with E-state index in [1.54, 1.807) is 31.2 Å². The Balaban J connectivity index is 1.54. The number of methoxy groups -OCH3 is 2. The molecular formula is C42H49F4N2O13S3+. The van der Waals surface area contributed by atoms with Gasteiger partial charge in [0.25, 0.3) is 30.4 Å². The molecule has 0 spiro atoms. The van der Waals surface area contributed by atoms with Gasteiger partial charge in [-0.2, -0.15) is 38.6 Å². The summed E-state index contributed by atoms with van der Waals surface area (Å²) in [6.45, 7) is 4.58. The molecule has 2 aliphatic heterocycles. The van der Waals surface area contributed by atoms with Gasteiger partial charge in [-0.3, -0.25) is 18.5 Å². The Morgan fingerprint density at radius 3 is 1.97 bits per heavy atom. The summed E-state index contributed by atoms with van der Waals surface area (Å²) in [5.74, 6) is -10.4. The molecule has 350 valence electrons. The topological polar surface area (TPSA) is 214 Å². The number of hydrogen-bond acceptors (Lipinski definition) is 11. The monoisotopic (exact) mass is 961 g/mol. The number of anilines is 1. The fourth-order valence-corrected chi connectivity index (χ4v) is 9.76. The summed E-state index contributed by atoms with van der Waals surface area (Å²) in [5.41, 5.74) is 1.31. The average molecular weight is 962 g/mol. The second kappa shape index (κ2) is 19.9. The molecule has 0 saturated carbocycles. The van der Waals surface area contributed by atoms with Crippen LogP contribution in [0.2, 0.25) is 0 Å². The Bertz CT molecular complexity index is 2700. The van der Waals surface area contributed by atoms with Crippen molar-refractivity contribution in [2.75, 3.05) is 51.2 Å². The summed E-state index contributed by atoms with van der Waals surface area (Å²) in [6, 6.07) is 8.23. The highest BCUT2D eigenvalue weighted by Crippen LogP contribution is 2.51. The van der Waals surface area contributed by atoms with Crippen LogP contribution in [0.1, 0.15) is 69.9 Å². The fourth-order valence-electron chi connectivity index (χ4n) is 8.24. The average Bonchev–Trinajstić information content (AvgIpc) is 3.58. The highest BCUT2D eigenvalue weighted by atomic mass is 32.2. The van der Waals surface area contributed by atoms with E-state index in [4.69, 9.17) is 9.47 Å². The zero-order chi connectivity index (χ0) is 47.4. The lowest BCUT2D eigenvalue weighted by Gasteiger charge is -2.30. The summed E-state index contributed by atoms with van der Waals surface area (Å²) in [4.78, 5) is 13.6. The van der Waals surface area contributed by atoms with Crippen LogP contribution in [0.3, 0.4) is 0 Å².